The highest BCUT2D eigenvalue weighted by Crippen LogP contribution is 2.41. The summed E-state index contributed by atoms with van der Waals surface area (Å²) in [5, 5.41) is 88.7. The second kappa shape index (κ2) is 22.7. The molecule has 0 radical (unpaired) electrons. The van der Waals surface area contributed by atoms with Crippen LogP contribution in [0.5, 0.6) is 46.0 Å². The van der Waals surface area contributed by atoms with Gasteiger partial charge in [-0.1, -0.05) is 92.8 Å². The first-order chi connectivity index (χ1) is 33.2. The zero-order valence-electron chi connectivity index (χ0n) is 36.4. The van der Waals surface area contributed by atoms with Crippen LogP contribution >= 0.6 is 92.8 Å². The van der Waals surface area contributed by atoms with Crippen molar-refractivity contribution in [2.24, 2.45) is 0 Å². The monoisotopic (exact) mass is 1100 g/mol. The quantitative estimate of drug-likeness (QED) is 0.0600. The minimum atomic E-state index is -0.106. The maximum Gasteiger partial charge on any atom is 0.122 e. The summed E-state index contributed by atoms with van der Waals surface area (Å²) >= 11 is 49.9. The van der Waals surface area contributed by atoms with Crippen LogP contribution in [0, 0.1) is 0 Å². The summed E-state index contributed by atoms with van der Waals surface area (Å²) < 4.78 is 0. The molecule has 0 atom stereocenters. The summed E-state index contributed by atoms with van der Waals surface area (Å²) in [5.74, 6) is -0.0158. The zero-order valence-corrected chi connectivity index (χ0v) is 42.4. The van der Waals surface area contributed by atoms with Gasteiger partial charge in [0, 0.05) is 123 Å². The minimum absolute atomic E-state index is 0.0176. The smallest absolute Gasteiger partial charge is 0.122 e. The van der Waals surface area contributed by atoms with Crippen molar-refractivity contribution < 1.29 is 40.9 Å². The van der Waals surface area contributed by atoms with Crippen LogP contribution in [0.25, 0.3) is 0 Å². The Labute approximate surface area is 443 Å². The number of halogens is 8. The van der Waals surface area contributed by atoms with Crippen LogP contribution in [0.2, 0.25) is 40.2 Å². The van der Waals surface area contributed by atoms with Crippen molar-refractivity contribution in [2.45, 2.75) is 38.5 Å². The Morgan fingerprint density at radius 3 is 0.529 bits per heavy atom. The van der Waals surface area contributed by atoms with E-state index in [1.165, 1.54) is 24.3 Å². The van der Waals surface area contributed by atoms with Crippen LogP contribution in [-0.4, -0.2) is 40.9 Å². The number of hydrogen-bond acceptors (Lipinski definition) is 8. The molecule has 8 N–H and O–H groups in total. The van der Waals surface area contributed by atoms with Gasteiger partial charge in [-0.25, -0.2) is 0 Å². The summed E-state index contributed by atoms with van der Waals surface area (Å²) in [4.78, 5) is 0. The normalized spacial score (nSPS) is 11.1. The number of benzene rings is 8. The minimum Gasteiger partial charge on any atom is -0.508 e. The van der Waals surface area contributed by atoms with Gasteiger partial charge in [-0.3, -0.25) is 0 Å². The van der Waals surface area contributed by atoms with Gasteiger partial charge in [0.1, 0.15) is 46.0 Å². The lowest BCUT2D eigenvalue weighted by molar-refractivity contribution is 0.452. The Hall–Kier alpha value is -5.52. The van der Waals surface area contributed by atoms with E-state index in [-0.39, 0.29) is 78.1 Å². The van der Waals surface area contributed by atoms with Gasteiger partial charge in [-0.2, -0.15) is 0 Å². The average Bonchev–Trinajstić information content (AvgIpc) is 3.29. The molecule has 8 aromatic rings. The molecule has 16 heteroatoms. The first kappa shape index (κ1) is 52.3. The molecule has 70 heavy (non-hydrogen) atoms. The van der Waals surface area contributed by atoms with Gasteiger partial charge in [-0.05, 0) is 144 Å². The Morgan fingerprint density at radius 2 is 0.343 bits per heavy atom. The number of aromatic hydroxyl groups is 8. The molecular formula is C54H40Cl8O8. The van der Waals surface area contributed by atoms with Crippen molar-refractivity contribution in [1.29, 1.82) is 0 Å². The van der Waals surface area contributed by atoms with Crippen molar-refractivity contribution >= 4 is 92.8 Å². The summed E-state index contributed by atoms with van der Waals surface area (Å²) in [5.41, 5.74) is 5.57. The van der Waals surface area contributed by atoms with Crippen LogP contribution in [0.1, 0.15) is 66.8 Å². The van der Waals surface area contributed by atoms with E-state index in [1.807, 2.05) is 0 Å². The SMILES string of the molecule is Oc1ccc(Cl)cc1Cc1cc(Cl)cc(Cc2cc(Cl)cc(Cc3cc(Cl)cc(Cc4cc(Cl)cc(Cc5cc(Cl)ccc5O)c4O)c3O)c2O)c1O.Oc1ccc(Cl)cc1Cc1cc(Cl)ccc1O. The molecule has 0 unspecified atom stereocenters. The van der Waals surface area contributed by atoms with Gasteiger partial charge in [0.05, 0.1) is 0 Å². The molecule has 8 rings (SSSR count). The fourth-order valence-electron chi connectivity index (χ4n) is 7.96. The van der Waals surface area contributed by atoms with Gasteiger partial charge in [0.2, 0.25) is 0 Å². The molecule has 0 spiro atoms. The number of rotatable bonds is 12. The van der Waals surface area contributed by atoms with Crippen molar-refractivity contribution in [2.75, 3.05) is 0 Å². The first-order valence-corrected chi connectivity index (χ1v) is 24.1. The van der Waals surface area contributed by atoms with E-state index < -0.39 is 0 Å². The summed E-state index contributed by atoms with van der Waals surface area (Å²) in [7, 11) is 0. The van der Waals surface area contributed by atoms with Crippen LogP contribution in [-0.2, 0) is 38.5 Å². The zero-order chi connectivity index (χ0) is 50.6. The molecule has 0 fully saturated rings. The maximum absolute atomic E-state index is 11.5. The van der Waals surface area contributed by atoms with Crippen LogP contribution in [0.4, 0.5) is 0 Å². The van der Waals surface area contributed by atoms with Gasteiger partial charge in [0.25, 0.3) is 0 Å². The molecule has 0 bridgehead atoms. The standard InChI is InChI=1S/C41H30Cl6O6.C13H10Cl2O2/c42-30-1-3-36(48)20(10-30)5-22-12-32(44)14-24(38(22)50)7-26-16-34(46)18-28(40(26)52)9-29-19-35(47)17-27(41(29)53)8-25-15-33(45)13-23(39(25)51)6-21-11-31(43)2-4-37(21)49;14-10-1-3-12(16)8(6-10)5-9-7-11(15)2-4-13(9)17/h1-4,10-19,48-53H,5-9H2;1-4,6-7,16-17H,5H2. The number of phenols is 8. The highest BCUT2D eigenvalue weighted by atomic mass is 35.5. The number of hydrogen-bond donors (Lipinski definition) is 8. The lowest BCUT2D eigenvalue weighted by Crippen LogP contribution is -2.00. The third-order valence-electron chi connectivity index (χ3n) is 11.4. The highest BCUT2D eigenvalue weighted by molar-refractivity contribution is 6.33. The second-order valence-corrected chi connectivity index (χ2v) is 19.9. The molecule has 0 heterocycles. The largest absolute Gasteiger partial charge is 0.508 e. The fraction of sp³-hybridized carbons (Fsp3) is 0.111. The van der Waals surface area contributed by atoms with Crippen LogP contribution < -0.4 is 0 Å². The van der Waals surface area contributed by atoms with E-state index in [4.69, 9.17) is 92.8 Å². The third kappa shape index (κ3) is 13.1. The van der Waals surface area contributed by atoms with Crippen LogP contribution in [0.15, 0.2) is 121 Å². The first-order valence-electron chi connectivity index (χ1n) is 21.1. The Kier molecular flexibility index (Phi) is 17.0. The summed E-state index contributed by atoms with van der Waals surface area (Å²) in [6.45, 7) is 0. The lowest BCUT2D eigenvalue weighted by Gasteiger charge is -2.17. The highest BCUT2D eigenvalue weighted by Gasteiger charge is 2.21. The molecule has 0 aliphatic rings. The molecule has 360 valence electrons. The van der Waals surface area contributed by atoms with Crippen molar-refractivity contribution in [3.63, 3.8) is 0 Å². The van der Waals surface area contributed by atoms with Gasteiger partial charge in [-0.15, -0.1) is 0 Å². The van der Waals surface area contributed by atoms with E-state index in [0.29, 0.717) is 113 Å². The number of phenolic OH excluding ortho intramolecular Hbond substituents is 8. The maximum atomic E-state index is 11.5. The third-order valence-corrected chi connectivity index (χ3v) is 13.2. The lowest BCUT2D eigenvalue weighted by atomic mass is 9.93. The molecular weight excluding hydrogens is 1060 g/mol. The summed E-state index contributed by atoms with van der Waals surface area (Å²) in [6, 6.07) is 31.5. The Bertz CT molecular complexity index is 3060. The predicted octanol–water partition coefficient (Wildman–Crippen LogP) is 15.8. The molecule has 0 amide bonds. The van der Waals surface area contributed by atoms with Gasteiger partial charge in [0.15, 0.2) is 0 Å². The molecule has 8 nitrogen and oxygen atoms in total. The predicted molar refractivity (Wildman–Crippen MR) is 282 cm³/mol. The molecule has 0 aromatic heterocycles. The second-order valence-electron chi connectivity index (χ2n) is 16.4. The van der Waals surface area contributed by atoms with Crippen molar-refractivity contribution in [3.05, 3.63) is 228 Å². The van der Waals surface area contributed by atoms with Crippen molar-refractivity contribution in [3.8, 4) is 46.0 Å². The molecule has 0 saturated heterocycles. The van der Waals surface area contributed by atoms with Gasteiger partial charge < -0.3 is 40.9 Å². The fourth-order valence-corrected chi connectivity index (χ4v) is 9.79. The molecule has 0 aliphatic carbocycles. The van der Waals surface area contributed by atoms with Gasteiger partial charge >= 0.3 is 0 Å². The molecule has 0 aliphatic heterocycles. The summed E-state index contributed by atoms with van der Waals surface area (Å²) in [6.07, 6.45) is 0.801. The van der Waals surface area contributed by atoms with E-state index in [0.717, 1.165) is 0 Å². The Morgan fingerprint density at radius 1 is 0.200 bits per heavy atom. The van der Waals surface area contributed by atoms with E-state index in [1.54, 1.807) is 97.1 Å². The van der Waals surface area contributed by atoms with E-state index in [2.05, 4.69) is 0 Å². The van der Waals surface area contributed by atoms with Crippen LogP contribution in [0.3, 0.4) is 0 Å². The van der Waals surface area contributed by atoms with E-state index >= 15 is 0 Å². The molecule has 0 saturated carbocycles. The average molecular weight is 1100 g/mol. The Balaban J connectivity index is 0.000000356. The van der Waals surface area contributed by atoms with Crippen molar-refractivity contribution in [1.82, 2.24) is 0 Å². The topological polar surface area (TPSA) is 162 Å². The molecule has 8 aromatic carbocycles. The van der Waals surface area contributed by atoms with E-state index in [9.17, 15) is 40.9 Å².